The van der Waals surface area contributed by atoms with Gasteiger partial charge in [0.15, 0.2) is 5.17 Å². The highest BCUT2D eigenvalue weighted by Crippen LogP contribution is 2.35. The zero-order chi connectivity index (χ0) is 38.1. The van der Waals surface area contributed by atoms with E-state index in [9.17, 15) is 23.1 Å². The fourth-order valence-corrected chi connectivity index (χ4v) is 4.80. The Morgan fingerprint density at radius 2 is 1.74 bits per heavy atom. The van der Waals surface area contributed by atoms with Gasteiger partial charge in [0.2, 0.25) is 0 Å². The van der Waals surface area contributed by atoms with E-state index in [1.165, 1.54) is 37.9 Å². The maximum Gasteiger partial charge on any atom is 0.573 e. The minimum atomic E-state index is -4.78. The molecule has 0 aliphatic rings. The van der Waals surface area contributed by atoms with Crippen LogP contribution in [0.1, 0.15) is 22.3 Å². The first kappa shape index (κ1) is 39.9. The van der Waals surface area contributed by atoms with Crippen LogP contribution in [0.5, 0.6) is 17.2 Å². The van der Waals surface area contributed by atoms with Crippen molar-refractivity contribution in [1.29, 1.82) is 0 Å². The number of halogens is 3. The van der Waals surface area contributed by atoms with E-state index < -0.39 is 12.3 Å². The molecule has 0 bridgehead atoms. The molecule has 13 nitrogen and oxygen atoms in total. The molecule has 0 fully saturated rings. The number of alkyl halides is 3. The number of aromatic hydroxyl groups is 1. The molecule has 5 N–H and O–H groups in total. The van der Waals surface area contributed by atoms with E-state index in [-0.39, 0.29) is 47.4 Å². The minimum absolute atomic E-state index is 0.0677. The van der Waals surface area contributed by atoms with Crippen molar-refractivity contribution in [1.82, 2.24) is 10.7 Å². The lowest BCUT2D eigenvalue weighted by atomic mass is 10.1. The quantitative estimate of drug-likeness (QED) is 0.0255. The lowest BCUT2D eigenvalue weighted by Gasteiger charge is -2.11. The number of amidine groups is 2. The smallest absolute Gasteiger partial charge is 0.506 e. The maximum absolute atomic E-state index is 12.3. The van der Waals surface area contributed by atoms with Crippen molar-refractivity contribution in [2.45, 2.75) is 19.9 Å². The van der Waals surface area contributed by atoms with E-state index in [0.717, 1.165) is 29.5 Å². The Labute approximate surface area is 307 Å². The Morgan fingerprint density at radius 3 is 2.42 bits per heavy atom. The second kappa shape index (κ2) is 20.2. The first-order chi connectivity index (χ1) is 25.5. The number of nitrogens with two attached hydrogens (primary N) is 1. The Hall–Kier alpha value is -5.91. The minimum Gasteiger partial charge on any atom is -0.506 e. The second-order valence-corrected chi connectivity index (χ2v) is 11.6. The molecule has 4 rings (SSSR count). The summed E-state index contributed by atoms with van der Waals surface area (Å²) in [6, 6.07) is 24.6. The van der Waals surface area contributed by atoms with Crippen LogP contribution in [0, 0.1) is 6.92 Å². The lowest BCUT2D eigenvalue weighted by Crippen LogP contribution is -2.27. The van der Waals surface area contributed by atoms with Crippen LogP contribution in [-0.4, -0.2) is 67.3 Å². The first-order valence-corrected chi connectivity index (χ1v) is 16.7. The second-order valence-electron chi connectivity index (χ2n) is 10.7. The molecule has 0 saturated heterocycles. The van der Waals surface area contributed by atoms with Crippen molar-refractivity contribution in [2.75, 3.05) is 26.3 Å². The van der Waals surface area contributed by atoms with Crippen LogP contribution in [0.15, 0.2) is 111 Å². The summed E-state index contributed by atoms with van der Waals surface area (Å²) in [5.41, 5.74) is 12.4. The number of aliphatic imine (C=N–C) groups is 3. The Morgan fingerprint density at radius 1 is 1.00 bits per heavy atom. The number of phenols is 1. The fourth-order valence-electron chi connectivity index (χ4n) is 4.22. The van der Waals surface area contributed by atoms with Crippen LogP contribution in [0.2, 0.25) is 0 Å². The predicted octanol–water partition coefficient (Wildman–Crippen LogP) is 6.28. The summed E-state index contributed by atoms with van der Waals surface area (Å²) in [5.74, 6) is -0.471. The van der Waals surface area contributed by atoms with Gasteiger partial charge in [0.1, 0.15) is 41.0 Å². The molecule has 0 aromatic heterocycles. The number of phenolic OH excluding ortho intramolecular Hbond substituents is 1. The summed E-state index contributed by atoms with van der Waals surface area (Å²) in [7, 11) is 1.49. The highest BCUT2D eigenvalue weighted by molar-refractivity contribution is 8.13. The average molecular weight is 752 g/mol. The number of carbonyl (C=O) groups excluding carboxylic acids is 1. The number of benzene rings is 4. The number of aryl methyl sites for hydroxylation is 1. The van der Waals surface area contributed by atoms with Crippen LogP contribution in [-0.2, 0) is 20.9 Å². The van der Waals surface area contributed by atoms with E-state index in [1.54, 1.807) is 37.3 Å². The van der Waals surface area contributed by atoms with Gasteiger partial charge in [-0.25, -0.2) is 15.0 Å². The zero-order valence-corrected chi connectivity index (χ0v) is 29.4. The Kier molecular flexibility index (Phi) is 15.2. The lowest BCUT2D eigenvalue weighted by molar-refractivity contribution is -0.274. The largest absolute Gasteiger partial charge is 0.573 e. The average Bonchev–Trinajstić information content (AvgIpc) is 3.13. The van der Waals surface area contributed by atoms with Crippen LogP contribution in [0.4, 0.5) is 24.5 Å². The zero-order valence-electron chi connectivity index (χ0n) is 28.5. The number of nitrogens with one attached hydrogen (secondary N) is 2. The number of hydrazone groups is 1. The summed E-state index contributed by atoms with van der Waals surface area (Å²) in [5, 5.41) is 17.9. The summed E-state index contributed by atoms with van der Waals surface area (Å²) < 4.78 is 56.9. The van der Waals surface area contributed by atoms with Crippen molar-refractivity contribution in [3.05, 3.63) is 113 Å². The van der Waals surface area contributed by atoms with Gasteiger partial charge in [0, 0.05) is 11.6 Å². The number of carbonyl (C=O) groups is 1. The fraction of sp³-hybridized carbons (Fsp3) is 0.194. The van der Waals surface area contributed by atoms with Gasteiger partial charge in [-0.05, 0) is 65.7 Å². The van der Waals surface area contributed by atoms with Gasteiger partial charge >= 0.3 is 12.3 Å². The number of thioether (sulfide) groups is 1. The van der Waals surface area contributed by atoms with E-state index in [4.69, 9.17) is 19.9 Å². The SMILES string of the molecule is COc1cc(C)c(N=C(N/N=C\c2ccc(C(N)=NC=Nc3ccc(OC(F)(F)F)cc3)cc2)SCOC(=O)CNCOCc2ccccc2)c(O)c1. The number of esters is 1. The molecule has 53 heavy (non-hydrogen) atoms. The molecule has 278 valence electrons. The van der Waals surface area contributed by atoms with Crippen LogP contribution in [0.25, 0.3) is 0 Å². The number of hydrogen-bond donors (Lipinski definition) is 4. The maximum atomic E-state index is 12.3. The van der Waals surface area contributed by atoms with Gasteiger partial charge in [-0.1, -0.05) is 54.6 Å². The number of rotatable bonds is 16. The monoisotopic (exact) mass is 751 g/mol. The summed E-state index contributed by atoms with van der Waals surface area (Å²) in [4.78, 5) is 24.9. The summed E-state index contributed by atoms with van der Waals surface area (Å²) in [6.45, 7) is 2.26. The number of methoxy groups -OCH3 is 1. The molecule has 4 aromatic carbocycles. The number of ether oxygens (including phenoxy) is 4. The third-order valence-electron chi connectivity index (χ3n) is 6.76. The predicted molar refractivity (Wildman–Crippen MR) is 198 cm³/mol. The van der Waals surface area contributed by atoms with E-state index in [0.29, 0.717) is 34.7 Å². The molecule has 0 atom stereocenters. The number of nitrogens with zero attached hydrogens (tertiary/aromatic N) is 4. The third-order valence-corrected chi connectivity index (χ3v) is 7.45. The van der Waals surface area contributed by atoms with Gasteiger partial charge in [0.05, 0.1) is 38.9 Å². The van der Waals surface area contributed by atoms with Gasteiger partial charge in [-0.3, -0.25) is 15.5 Å². The molecular formula is C36H36F3N7O6S. The summed E-state index contributed by atoms with van der Waals surface area (Å²) in [6.07, 6.45) is -2.08. The molecule has 0 aliphatic heterocycles. The van der Waals surface area contributed by atoms with Gasteiger partial charge in [-0.2, -0.15) is 5.10 Å². The normalized spacial score (nSPS) is 12.3. The van der Waals surface area contributed by atoms with Crippen LogP contribution < -0.4 is 25.9 Å². The first-order valence-electron chi connectivity index (χ1n) is 15.7. The highest BCUT2D eigenvalue weighted by Gasteiger charge is 2.30. The van der Waals surface area contributed by atoms with E-state index in [1.807, 2.05) is 30.3 Å². The van der Waals surface area contributed by atoms with Gasteiger partial charge < -0.3 is 29.8 Å². The molecule has 0 radical (unpaired) electrons. The molecular weight excluding hydrogens is 715 g/mol. The molecule has 0 spiro atoms. The van der Waals surface area contributed by atoms with Crippen molar-refractivity contribution in [2.24, 2.45) is 25.8 Å². The summed E-state index contributed by atoms with van der Waals surface area (Å²) >= 11 is 1.05. The van der Waals surface area contributed by atoms with Gasteiger partial charge in [-0.15, -0.1) is 13.2 Å². The molecule has 0 saturated carbocycles. The molecule has 4 aromatic rings. The standard InChI is InChI=1S/C36H36F3N7O6S/c1-24-16-30(49-2)17-31(47)33(24)45-35(53-23-51-32(48)19-41-22-50-20-26-6-4-3-5-7-26)46-44-18-25-8-10-27(11-9-25)34(40)43-21-42-28-12-14-29(15-13-28)52-36(37,38)39/h3-18,21,41,47H,19-20,22-23H2,1-2H3,(H,45,46)(H2,40,42,43)/b44-18-. The molecule has 17 heteroatoms. The van der Waals surface area contributed by atoms with Crippen LogP contribution in [0.3, 0.4) is 0 Å². The van der Waals surface area contributed by atoms with Crippen molar-refractivity contribution < 1.29 is 42.0 Å². The van der Waals surface area contributed by atoms with Gasteiger partial charge in [0.25, 0.3) is 0 Å². The Bertz CT molecular complexity index is 1880. The van der Waals surface area contributed by atoms with Crippen molar-refractivity contribution >= 4 is 52.7 Å². The highest BCUT2D eigenvalue weighted by atomic mass is 32.2. The molecule has 0 unspecified atom stereocenters. The Balaban J connectivity index is 1.32. The third kappa shape index (κ3) is 14.3. The topological polar surface area (TPSA) is 174 Å². The van der Waals surface area contributed by atoms with E-state index in [2.05, 4.69) is 35.6 Å². The van der Waals surface area contributed by atoms with Crippen molar-refractivity contribution in [3.8, 4) is 17.2 Å². The van der Waals surface area contributed by atoms with Crippen LogP contribution >= 0.6 is 11.8 Å². The molecule has 0 aliphatic carbocycles. The molecule has 0 amide bonds. The number of hydrogen-bond acceptors (Lipinski definition) is 11. The van der Waals surface area contributed by atoms with Crippen molar-refractivity contribution in [3.63, 3.8) is 0 Å². The van der Waals surface area contributed by atoms with E-state index >= 15 is 0 Å². The molecule has 0 heterocycles.